The van der Waals surface area contributed by atoms with Crippen molar-refractivity contribution in [2.45, 2.75) is 64.3 Å². The third kappa shape index (κ3) is 2.75. The van der Waals surface area contributed by atoms with Gasteiger partial charge in [-0.1, -0.05) is 26.2 Å². The Bertz CT molecular complexity index is 264. The van der Waals surface area contributed by atoms with Crippen LogP contribution in [0.2, 0.25) is 0 Å². The first-order valence-corrected chi connectivity index (χ1v) is 8.22. The third-order valence-corrected chi connectivity index (χ3v) is 5.65. The molecule has 3 fully saturated rings. The lowest BCUT2D eigenvalue weighted by atomic mass is 9.82. The lowest BCUT2D eigenvalue weighted by molar-refractivity contribution is 0.112. The molecule has 2 heterocycles. The molecule has 2 unspecified atom stereocenters. The van der Waals surface area contributed by atoms with E-state index in [9.17, 15) is 0 Å². The Hall–Kier alpha value is -0.0800. The molecule has 1 saturated carbocycles. The minimum Gasteiger partial charge on any atom is -0.316 e. The first-order chi connectivity index (χ1) is 8.77. The second kappa shape index (κ2) is 5.50. The zero-order valence-electron chi connectivity index (χ0n) is 12.1. The zero-order valence-corrected chi connectivity index (χ0v) is 12.1. The predicted octanol–water partition coefficient (Wildman–Crippen LogP) is 3.03. The monoisotopic (exact) mass is 250 g/mol. The van der Waals surface area contributed by atoms with Crippen LogP contribution in [0.3, 0.4) is 0 Å². The van der Waals surface area contributed by atoms with Crippen LogP contribution in [0.1, 0.15) is 58.3 Å². The molecule has 1 N–H and O–H groups in total. The first kappa shape index (κ1) is 12.9. The summed E-state index contributed by atoms with van der Waals surface area (Å²) in [5.41, 5.74) is 0.553. The molecule has 1 aliphatic carbocycles. The van der Waals surface area contributed by atoms with Gasteiger partial charge in [0.15, 0.2) is 0 Å². The van der Waals surface area contributed by atoms with Gasteiger partial charge >= 0.3 is 0 Å². The molecule has 0 aromatic rings. The van der Waals surface area contributed by atoms with E-state index in [1.165, 1.54) is 77.5 Å². The number of hydrogen-bond acceptors (Lipinski definition) is 2. The molecule has 2 atom stereocenters. The second-order valence-electron chi connectivity index (χ2n) is 7.32. The van der Waals surface area contributed by atoms with Gasteiger partial charge in [-0.05, 0) is 56.5 Å². The average molecular weight is 250 g/mol. The van der Waals surface area contributed by atoms with Crippen LogP contribution >= 0.6 is 0 Å². The molecule has 0 amide bonds. The van der Waals surface area contributed by atoms with E-state index in [0.29, 0.717) is 5.41 Å². The van der Waals surface area contributed by atoms with E-state index >= 15 is 0 Å². The maximum Gasteiger partial charge on any atom is 0.0124 e. The van der Waals surface area contributed by atoms with Crippen LogP contribution < -0.4 is 5.32 Å². The summed E-state index contributed by atoms with van der Waals surface area (Å²) in [6, 6.07) is 0.933. The van der Waals surface area contributed by atoms with Crippen LogP contribution in [-0.4, -0.2) is 37.1 Å². The molecule has 0 radical (unpaired) electrons. The molecule has 0 spiro atoms. The van der Waals surface area contributed by atoms with Gasteiger partial charge in [-0.15, -0.1) is 0 Å². The molecule has 2 heteroatoms. The highest BCUT2D eigenvalue weighted by Gasteiger charge is 2.37. The number of rotatable bonds is 3. The van der Waals surface area contributed by atoms with Gasteiger partial charge in [0.2, 0.25) is 0 Å². The van der Waals surface area contributed by atoms with Gasteiger partial charge in [-0.3, -0.25) is 4.90 Å². The highest BCUT2D eigenvalue weighted by molar-refractivity contribution is 4.93. The molecule has 0 aromatic heterocycles. The lowest BCUT2D eigenvalue weighted by Crippen LogP contribution is -2.43. The van der Waals surface area contributed by atoms with Gasteiger partial charge in [0.25, 0.3) is 0 Å². The molecular formula is C16H30N2. The van der Waals surface area contributed by atoms with Crippen LogP contribution in [0.5, 0.6) is 0 Å². The van der Waals surface area contributed by atoms with Crippen molar-refractivity contribution in [1.82, 2.24) is 10.2 Å². The number of nitrogens with zero attached hydrogens (tertiary/aromatic N) is 1. The number of hydrogen-bond donors (Lipinski definition) is 1. The number of likely N-dealkylation sites (tertiary alicyclic amines) is 1. The minimum atomic E-state index is 0.553. The van der Waals surface area contributed by atoms with Crippen molar-refractivity contribution >= 4 is 0 Å². The van der Waals surface area contributed by atoms with Crippen LogP contribution in [0.15, 0.2) is 0 Å². The van der Waals surface area contributed by atoms with Gasteiger partial charge in [0.1, 0.15) is 0 Å². The Balaban J connectivity index is 1.60. The Morgan fingerprint density at radius 2 is 1.94 bits per heavy atom. The topological polar surface area (TPSA) is 15.3 Å². The van der Waals surface area contributed by atoms with Crippen LogP contribution in [0, 0.1) is 11.3 Å². The summed E-state index contributed by atoms with van der Waals surface area (Å²) in [5.74, 6) is 1.03. The molecule has 3 rings (SSSR count). The largest absolute Gasteiger partial charge is 0.316 e. The molecule has 3 aliphatic rings. The molecule has 0 bridgehead atoms. The van der Waals surface area contributed by atoms with Crippen LogP contribution in [0.4, 0.5) is 0 Å². The molecule has 2 nitrogen and oxygen atoms in total. The summed E-state index contributed by atoms with van der Waals surface area (Å²) >= 11 is 0. The van der Waals surface area contributed by atoms with E-state index < -0.39 is 0 Å². The van der Waals surface area contributed by atoms with E-state index in [0.717, 1.165) is 12.0 Å². The fraction of sp³-hybridized carbons (Fsp3) is 1.00. The van der Waals surface area contributed by atoms with E-state index in [1.807, 2.05) is 0 Å². The van der Waals surface area contributed by atoms with Gasteiger partial charge in [0, 0.05) is 19.1 Å². The summed E-state index contributed by atoms with van der Waals surface area (Å²) < 4.78 is 0. The van der Waals surface area contributed by atoms with Crippen molar-refractivity contribution in [3.05, 3.63) is 0 Å². The molecule has 18 heavy (non-hydrogen) atoms. The Kier molecular flexibility index (Phi) is 3.95. The summed E-state index contributed by atoms with van der Waals surface area (Å²) in [7, 11) is 0. The van der Waals surface area contributed by atoms with Gasteiger partial charge in [-0.2, -0.15) is 0 Å². The third-order valence-electron chi connectivity index (χ3n) is 5.65. The first-order valence-electron chi connectivity index (χ1n) is 8.22. The average Bonchev–Trinajstić information content (AvgIpc) is 3.00. The van der Waals surface area contributed by atoms with Crippen LogP contribution in [0.25, 0.3) is 0 Å². The molecule has 104 valence electrons. The molecular weight excluding hydrogens is 220 g/mol. The Morgan fingerprint density at radius 1 is 1.11 bits per heavy atom. The van der Waals surface area contributed by atoms with Gasteiger partial charge in [0.05, 0.1) is 0 Å². The lowest BCUT2D eigenvalue weighted by Gasteiger charge is -2.38. The van der Waals surface area contributed by atoms with E-state index in [2.05, 4.69) is 17.1 Å². The SMILES string of the molecule is CC1(CN2CCCC2C2CCCCC2)CCNC1. The quantitative estimate of drug-likeness (QED) is 0.828. The highest BCUT2D eigenvalue weighted by Crippen LogP contribution is 2.36. The Morgan fingerprint density at radius 3 is 2.67 bits per heavy atom. The van der Waals surface area contributed by atoms with Crippen molar-refractivity contribution in [1.29, 1.82) is 0 Å². The zero-order chi connectivity index (χ0) is 12.4. The van der Waals surface area contributed by atoms with Gasteiger partial charge in [-0.25, -0.2) is 0 Å². The smallest absolute Gasteiger partial charge is 0.0124 e. The standard InChI is InChI=1S/C16H30N2/c1-16(9-10-17-12-16)13-18-11-5-8-15(18)14-6-3-2-4-7-14/h14-15,17H,2-13H2,1H3. The van der Waals surface area contributed by atoms with Crippen molar-refractivity contribution in [3.8, 4) is 0 Å². The van der Waals surface area contributed by atoms with Crippen molar-refractivity contribution in [3.63, 3.8) is 0 Å². The van der Waals surface area contributed by atoms with E-state index in [4.69, 9.17) is 0 Å². The summed E-state index contributed by atoms with van der Waals surface area (Å²) in [6.45, 7) is 7.68. The van der Waals surface area contributed by atoms with Crippen molar-refractivity contribution in [2.75, 3.05) is 26.2 Å². The summed E-state index contributed by atoms with van der Waals surface area (Å²) in [4.78, 5) is 2.86. The maximum atomic E-state index is 3.55. The van der Waals surface area contributed by atoms with E-state index in [-0.39, 0.29) is 0 Å². The minimum absolute atomic E-state index is 0.553. The van der Waals surface area contributed by atoms with E-state index in [1.54, 1.807) is 0 Å². The number of nitrogens with one attached hydrogen (secondary N) is 1. The van der Waals surface area contributed by atoms with Crippen molar-refractivity contribution in [2.24, 2.45) is 11.3 Å². The molecule has 2 saturated heterocycles. The fourth-order valence-electron chi connectivity index (χ4n) is 4.59. The van der Waals surface area contributed by atoms with Crippen molar-refractivity contribution < 1.29 is 0 Å². The normalized spacial score (nSPS) is 39.5. The predicted molar refractivity (Wildman–Crippen MR) is 76.8 cm³/mol. The molecule has 0 aromatic carbocycles. The highest BCUT2D eigenvalue weighted by atomic mass is 15.2. The fourth-order valence-corrected chi connectivity index (χ4v) is 4.59. The maximum absolute atomic E-state index is 3.55. The van der Waals surface area contributed by atoms with Crippen LogP contribution in [-0.2, 0) is 0 Å². The second-order valence-corrected chi connectivity index (χ2v) is 7.32. The van der Waals surface area contributed by atoms with Gasteiger partial charge < -0.3 is 5.32 Å². The molecule has 2 aliphatic heterocycles. The Labute approximate surface area is 113 Å². The summed E-state index contributed by atoms with van der Waals surface area (Å²) in [6.07, 6.45) is 11.8. The summed E-state index contributed by atoms with van der Waals surface area (Å²) in [5, 5.41) is 3.55.